The van der Waals surface area contributed by atoms with E-state index in [1.54, 1.807) is 19.4 Å². The Morgan fingerprint density at radius 3 is 3.00 bits per heavy atom. The lowest BCUT2D eigenvalue weighted by Crippen LogP contribution is -2.28. The Labute approximate surface area is 113 Å². The van der Waals surface area contributed by atoms with E-state index in [-0.39, 0.29) is 5.92 Å². The van der Waals surface area contributed by atoms with Gasteiger partial charge in [-0.3, -0.25) is 0 Å². The molecule has 1 aliphatic heterocycles. The Bertz CT molecular complexity index is 534. The van der Waals surface area contributed by atoms with Crippen molar-refractivity contribution >= 4 is 16.0 Å². The van der Waals surface area contributed by atoms with Crippen LogP contribution in [-0.4, -0.2) is 55.7 Å². The minimum absolute atomic E-state index is 0.282. The van der Waals surface area contributed by atoms with Gasteiger partial charge in [0, 0.05) is 31.9 Å². The zero-order valence-corrected chi connectivity index (χ0v) is 11.9. The molecule has 1 unspecified atom stereocenters. The summed E-state index contributed by atoms with van der Waals surface area (Å²) in [4.78, 5) is 8.23. The Balaban J connectivity index is 1.87. The number of sulfonamides is 1. The fourth-order valence-corrected chi connectivity index (χ4v) is 2.96. The summed E-state index contributed by atoms with van der Waals surface area (Å²) in [6.45, 7) is 1.79. The van der Waals surface area contributed by atoms with E-state index < -0.39 is 10.0 Å². The molecular formula is C11H18N4O3S. The van der Waals surface area contributed by atoms with Crippen LogP contribution in [0, 0.1) is 5.92 Å². The first-order valence-electron chi connectivity index (χ1n) is 6.05. The van der Waals surface area contributed by atoms with Crippen molar-refractivity contribution in [1.82, 2.24) is 14.3 Å². The standard InChI is InChI=1S/C11H18N4O3S/c1-18-10-3-5-12-11(14-10)13-7-9-4-6-15(8-9)19(2,16)17/h3,5,9H,4,6-8H2,1-2H3,(H,12,13,14). The second-order valence-electron chi connectivity index (χ2n) is 4.58. The van der Waals surface area contributed by atoms with Crippen molar-refractivity contribution in [2.75, 3.05) is 38.3 Å². The highest BCUT2D eigenvalue weighted by Gasteiger charge is 2.28. The molecule has 0 aromatic carbocycles. The van der Waals surface area contributed by atoms with Crippen molar-refractivity contribution < 1.29 is 13.2 Å². The Morgan fingerprint density at radius 2 is 2.37 bits per heavy atom. The molecule has 1 saturated heterocycles. The van der Waals surface area contributed by atoms with E-state index in [2.05, 4.69) is 15.3 Å². The smallest absolute Gasteiger partial charge is 0.225 e. The third kappa shape index (κ3) is 3.77. The zero-order valence-electron chi connectivity index (χ0n) is 11.0. The number of hydrogen-bond donors (Lipinski definition) is 1. The number of ether oxygens (including phenoxy) is 1. The molecule has 0 spiro atoms. The third-order valence-electron chi connectivity index (χ3n) is 3.11. The van der Waals surface area contributed by atoms with Gasteiger partial charge in [0.15, 0.2) is 0 Å². The van der Waals surface area contributed by atoms with Crippen LogP contribution in [0.5, 0.6) is 5.88 Å². The summed E-state index contributed by atoms with van der Waals surface area (Å²) in [5.74, 6) is 1.28. The molecule has 1 fully saturated rings. The summed E-state index contributed by atoms with van der Waals surface area (Å²) in [7, 11) is -1.53. The maximum atomic E-state index is 11.4. The predicted molar refractivity (Wildman–Crippen MR) is 71.6 cm³/mol. The topological polar surface area (TPSA) is 84.4 Å². The van der Waals surface area contributed by atoms with Gasteiger partial charge in [-0.05, 0) is 12.3 Å². The molecule has 2 heterocycles. The van der Waals surface area contributed by atoms with Gasteiger partial charge in [-0.25, -0.2) is 17.7 Å². The largest absolute Gasteiger partial charge is 0.481 e. The molecule has 1 aliphatic rings. The minimum atomic E-state index is -3.07. The zero-order chi connectivity index (χ0) is 13.9. The van der Waals surface area contributed by atoms with Crippen molar-refractivity contribution in [2.45, 2.75) is 6.42 Å². The highest BCUT2D eigenvalue weighted by molar-refractivity contribution is 7.88. The van der Waals surface area contributed by atoms with Crippen molar-refractivity contribution in [3.63, 3.8) is 0 Å². The van der Waals surface area contributed by atoms with Crippen LogP contribution in [0.2, 0.25) is 0 Å². The molecule has 0 amide bonds. The monoisotopic (exact) mass is 286 g/mol. The summed E-state index contributed by atoms with van der Waals surface area (Å²) in [6.07, 6.45) is 3.71. The first-order chi connectivity index (χ1) is 8.99. The van der Waals surface area contributed by atoms with Gasteiger partial charge >= 0.3 is 0 Å². The second-order valence-corrected chi connectivity index (χ2v) is 6.56. The normalized spacial score (nSPS) is 20.4. The molecule has 2 rings (SSSR count). The first-order valence-corrected chi connectivity index (χ1v) is 7.90. The van der Waals surface area contributed by atoms with E-state index in [0.717, 1.165) is 6.42 Å². The molecule has 1 N–H and O–H groups in total. The number of anilines is 1. The molecule has 1 atom stereocenters. The lowest BCUT2D eigenvalue weighted by Gasteiger charge is -2.13. The lowest BCUT2D eigenvalue weighted by molar-refractivity contribution is 0.397. The molecule has 1 aromatic heterocycles. The van der Waals surface area contributed by atoms with Crippen LogP contribution in [0.25, 0.3) is 0 Å². The first kappa shape index (κ1) is 14.0. The summed E-state index contributed by atoms with van der Waals surface area (Å²) >= 11 is 0. The van der Waals surface area contributed by atoms with Crippen LogP contribution in [0.3, 0.4) is 0 Å². The van der Waals surface area contributed by atoms with E-state index in [1.807, 2.05) is 0 Å². The van der Waals surface area contributed by atoms with Gasteiger partial charge in [0.05, 0.1) is 13.4 Å². The highest BCUT2D eigenvalue weighted by Crippen LogP contribution is 2.19. The van der Waals surface area contributed by atoms with Crippen LogP contribution in [0.4, 0.5) is 5.95 Å². The van der Waals surface area contributed by atoms with Crippen LogP contribution < -0.4 is 10.1 Å². The molecular weight excluding hydrogens is 268 g/mol. The molecule has 0 bridgehead atoms. The van der Waals surface area contributed by atoms with Gasteiger partial charge in [0.25, 0.3) is 0 Å². The Kier molecular flexibility index (Phi) is 4.20. The molecule has 106 valence electrons. The van der Waals surface area contributed by atoms with Gasteiger partial charge in [-0.1, -0.05) is 0 Å². The third-order valence-corrected chi connectivity index (χ3v) is 4.38. The van der Waals surface area contributed by atoms with Crippen molar-refractivity contribution in [2.24, 2.45) is 5.92 Å². The summed E-state index contributed by atoms with van der Waals surface area (Å²) < 4.78 is 29.3. The Hall–Kier alpha value is -1.41. The number of hydrogen-bond acceptors (Lipinski definition) is 6. The average molecular weight is 286 g/mol. The van der Waals surface area contributed by atoms with E-state index in [1.165, 1.54) is 10.6 Å². The van der Waals surface area contributed by atoms with Crippen molar-refractivity contribution in [1.29, 1.82) is 0 Å². The van der Waals surface area contributed by atoms with Crippen LogP contribution in [0.1, 0.15) is 6.42 Å². The molecule has 19 heavy (non-hydrogen) atoms. The molecule has 0 radical (unpaired) electrons. The molecule has 0 aliphatic carbocycles. The molecule has 1 aromatic rings. The van der Waals surface area contributed by atoms with E-state index in [0.29, 0.717) is 31.5 Å². The van der Waals surface area contributed by atoms with Crippen LogP contribution in [0.15, 0.2) is 12.3 Å². The van der Waals surface area contributed by atoms with Gasteiger partial charge in [-0.15, -0.1) is 0 Å². The van der Waals surface area contributed by atoms with Crippen molar-refractivity contribution in [3.05, 3.63) is 12.3 Å². The molecule has 0 saturated carbocycles. The number of nitrogens with zero attached hydrogens (tertiary/aromatic N) is 3. The average Bonchev–Trinajstić information content (AvgIpc) is 2.85. The summed E-state index contributed by atoms with van der Waals surface area (Å²) in [6, 6.07) is 1.67. The number of aromatic nitrogens is 2. The SMILES string of the molecule is COc1ccnc(NCC2CCN(S(C)(=O)=O)C2)n1. The van der Waals surface area contributed by atoms with Crippen LogP contribution >= 0.6 is 0 Å². The van der Waals surface area contributed by atoms with E-state index >= 15 is 0 Å². The van der Waals surface area contributed by atoms with Gasteiger partial charge in [-0.2, -0.15) is 4.98 Å². The van der Waals surface area contributed by atoms with Gasteiger partial charge in [0.2, 0.25) is 21.9 Å². The number of nitrogens with one attached hydrogen (secondary N) is 1. The quantitative estimate of drug-likeness (QED) is 0.831. The van der Waals surface area contributed by atoms with E-state index in [4.69, 9.17) is 4.74 Å². The number of methoxy groups -OCH3 is 1. The Morgan fingerprint density at radius 1 is 1.58 bits per heavy atom. The maximum Gasteiger partial charge on any atom is 0.225 e. The van der Waals surface area contributed by atoms with Crippen LogP contribution in [-0.2, 0) is 10.0 Å². The fourth-order valence-electron chi connectivity index (χ4n) is 2.04. The fraction of sp³-hybridized carbons (Fsp3) is 0.636. The summed E-state index contributed by atoms with van der Waals surface area (Å²) in [5, 5.41) is 3.11. The lowest BCUT2D eigenvalue weighted by atomic mass is 10.1. The minimum Gasteiger partial charge on any atom is -0.481 e. The second kappa shape index (κ2) is 5.70. The molecule has 8 heteroatoms. The maximum absolute atomic E-state index is 11.4. The highest BCUT2D eigenvalue weighted by atomic mass is 32.2. The van der Waals surface area contributed by atoms with Crippen molar-refractivity contribution in [3.8, 4) is 5.88 Å². The van der Waals surface area contributed by atoms with Gasteiger partial charge in [0.1, 0.15) is 0 Å². The predicted octanol–water partition coefficient (Wildman–Crippen LogP) is 0.179. The molecule has 7 nitrogen and oxygen atoms in total. The van der Waals surface area contributed by atoms with Gasteiger partial charge < -0.3 is 10.1 Å². The summed E-state index contributed by atoms with van der Waals surface area (Å²) in [5.41, 5.74) is 0. The number of rotatable bonds is 5. The van der Waals surface area contributed by atoms with E-state index in [9.17, 15) is 8.42 Å².